The maximum Gasteiger partial charge on any atom is 0.0751 e. The number of hydrogen-bond acceptors (Lipinski definition) is 2. The van der Waals surface area contributed by atoms with Gasteiger partial charge in [-0.3, -0.25) is 0 Å². The van der Waals surface area contributed by atoms with Gasteiger partial charge in [-0.25, -0.2) is 0 Å². The SMILES string of the molecule is CCCCCCCc1ccc(C2SCC(c3ccc(CCC)cc3)CS2)cc1. The fraction of sp³-hybridized carbons (Fsp3) is 0.538. The van der Waals surface area contributed by atoms with E-state index in [0.717, 1.165) is 0 Å². The van der Waals surface area contributed by atoms with Gasteiger partial charge in [-0.1, -0.05) is 94.5 Å². The third kappa shape index (κ3) is 6.59. The zero-order chi connectivity index (χ0) is 19.6. The zero-order valence-electron chi connectivity index (χ0n) is 17.7. The van der Waals surface area contributed by atoms with E-state index >= 15 is 0 Å². The molecule has 1 fully saturated rings. The molecule has 152 valence electrons. The van der Waals surface area contributed by atoms with Crippen molar-refractivity contribution in [2.45, 2.75) is 75.7 Å². The first kappa shape index (κ1) is 21.8. The van der Waals surface area contributed by atoms with Crippen LogP contribution in [0.5, 0.6) is 0 Å². The summed E-state index contributed by atoms with van der Waals surface area (Å²) in [5, 5.41) is 0. The lowest BCUT2D eigenvalue weighted by Gasteiger charge is -2.28. The Bertz CT molecular complexity index is 667. The zero-order valence-corrected chi connectivity index (χ0v) is 19.3. The number of rotatable bonds is 10. The van der Waals surface area contributed by atoms with Crippen LogP contribution in [0.4, 0.5) is 0 Å². The Kier molecular flexibility index (Phi) is 9.34. The predicted octanol–water partition coefficient (Wildman–Crippen LogP) is 8.41. The van der Waals surface area contributed by atoms with E-state index in [9.17, 15) is 0 Å². The highest BCUT2D eigenvalue weighted by atomic mass is 32.2. The van der Waals surface area contributed by atoms with E-state index in [1.165, 1.54) is 85.1 Å². The molecule has 0 aliphatic carbocycles. The van der Waals surface area contributed by atoms with Gasteiger partial charge in [0.2, 0.25) is 0 Å². The molecule has 1 heterocycles. The Morgan fingerprint density at radius 3 is 1.82 bits per heavy atom. The van der Waals surface area contributed by atoms with E-state index < -0.39 is 0 Å². The lowest BCUT2D eigenvalue weighted by Crippen LogP contribution is -2.12. The molecule has 1 aliphatic heterocycles. The maximum atomic E-state index is 2.38. The molecule has 0 atom stereocenters. The second-order valence-electron chi connectivity index (χ2n) is 8.09. The molecule has 2 aromatic rings. The van der Waals surface area contributed by atoms with Crippen LogP contribution in [-0.2, 0) is 12.8 Å². The van der Waals surface area contributed by atoms with Gasteiger partial charge >= 0.3 is 0 Å². The molecule has 2 aromatic carbocycles. The van der Waals surface area contributed by atoms with E-state index in [0.29, 0.717) is 10.5 Å². The highest BCUT2D eigenvalue weighted by molar-refractivity contribution is 8.17. The van der Waals surface area contributed by atoms with Crippen molar-refractivity contribution in [2.75, 3.05) is 11.5 Å². The Hall–Kier alpha value is -0.860. The molecule has 2 heteroatoms. The molecule has 0 amide bonds. The second-order valence-corrected chi connectivity index (χ2v) is 10.7. The van der Waals surface area contributed by atoms with Gasteiger partial charge < -0.3 is 0 Å². The fourth-order valence-corrected chi connectivity index (χ4v) is 7.05. The molecule has 28 heavy (non-hydrogen) atoms. The van der Waals surface area contributed by atoms with Crippen LogP contribution in [0.1, 0.15) is 85.1 Å². The molecule has 0 radical (unpaired) electrons. The summed E-state index contributed by atoms with van der Waals surface area (Å²) in [5.41, 5.74) is 6.01. The van der Waals surface area contributed by atoms with Gasteiger partial charge in [-0.2, -0.15) is 0 Å². The van der Waals surface area contributed by atoms with Gasteiger partial charge in [0.05, 0.1) is 4.58 Å². The molecule has 0 saturated carbocycles. The van der Waals surface area contributed by atoms with Gasteiger partial charge in [0.1, 0.15) is 0 Å². The van der Waals surface area contributed by atoms with Crippen molar-refractivity contribution in [1.29, 1.82) is 0 Å². The Balaban J connectivity index is 1.45. The van der Waals surface area contributed by atoms with Gasteiger partial charge in [0.15, 0.2) is 0 Å². The first-order valence-electron chi connectivity index (χ1n) is 11.2. The van der Waals surface area contributed by atoms with Crippen LogP contribution in [-0.4, -0.2) is 11.5 Å². The number of hydrogen-bond donors (Lipinski definition) is 0. The van der Waals surface area contributed by atoms with Crippen molar-refractivity contribution in [3.05, 3.63) is 70.8 Å². The molecule has 0 spiro atoms. The van der Waals surface area contributed by atoms with Crippen molar-refractivity contribution >= 4 is 23.5 Å². The van der Waals surface area contributed by atoms with Crippen molar-refractivity contribution < 1.29 is 0 Å². The molecule has 0 aromatic heterocycles. The largest absolute Gasteiger partial charge is 0.142 e. The quantitative estimate of drug-likeness (QED) is 0.359. The van der Waals surface area contributed by atoms with E-state index in [-0.39, 0.29) is 0 Å². The average Bonchev–Trinajstić information content (AvgIpc) is 2.75. The highest BCUT2D eigenvalue weighted by Crippen LogP contribution is 2.47. The minimum atomic E-state index is 0.606. The summed E-state index contributed by atoms with van der Waals surface area (Å²) in [6, 6.07) is 18.9. The number of aryl methyl sites for hydroxylation is 2. The van der Waals surface area contributed by atoms with E-state index in [2.05, 4.69) is 85.9 Å². The fourth-order valence-electron chi connectivity index (χ4n) is 3.91. The first-order valence-corrected chi connectivity index (χ1v) is 13.3. The van der Waals surface area contributed by atoms with Gasteiger partial charge in [-0.05, 0) is 41.5 Å². The Morgan fingerprint density at radius 2 is 1.21 bits per heavy atom. The summed E-state index contributed by atoms with van der Waals surface area (Å²) in [4.78, 5) is 0. The van der Waals surface area contributed by atoms with Crippen LogP contribution in [0.15, 0.2) is 48.5 Å². The summed E-state index contributed by atoms with van der Waals surface area (Å²) in [5.74, 6) is 3.18. The van der Waals surface area contributed by atoms with Crippen LogP contribution < -0.4 is 0 Å². The van der Waals surface area contributed by atoms with E-state index in [1.807, 2.05) is 0 Å². The van der Waals surface area contributed by atoms with Crippen LogP contribution >= 0.6 is 23.5 Å². The molecular formula is C26H36S2. The van der Waals surface area contributed by atoms with E-state index in [1.54, 1.807) is 0 Å². The van der Waals surface area contributed by atoms with Gasteiger partial charge in [0, 0.05) is 17.4 Å². The molecule has 1 saturated heterocycles. The molecule has 0 bridgehead atoms. The summed E-state index contributed by atoms with van der Waals surface area (Å²) < 4.78 is 0.606. The number of thioether (sulfide) groups is 2. The van der Waals surface area contributed by atoms with Crippen molar-refractivity contribution in [3.8, 4) is 0 Å². The van der Waals surface area contributed by atoms with E-state index in [4.69, 9.17) is 0 Å². The third-order valence-electron chi connectivity index (χ3n) is 5.71. The smallest absolute Gasteiger partial charge is 0.0751 e. The van der Waals surface area contributed by atoms with Crippen molar-refractivity contribution in [2.24, 2.45) is 0 Å². The van der Waals surface area contributed by atoms with Gasteiger partial charge in [-0.15, -0.1) is 23.5 Å². The van der Waals surface area contributed by atoms with Crippen LogP contribution in [0.3, 0.4) is 0 Å². The molecular weight excluding hydrogens is 376 g/mol. The predicted molar refractivity (Wildman–Crippen MR) is 130 cm³/mol. The lowest BCUT2D eigenvalue weighted by atomic mass is 10.00. The van der Waals surface area contributed by atoms with Crippen LogP contribution in [0, 0.1) is 0 Å². The minimum Gasteiger partial charge on any atom is -0.142 e. The Morgan fingerprint density at radius 1 is 0.643 bits per heavy atom. The molecule has 3 rings (SSSR count). The third-order valence-corrected chi connectivity index (χ3v) is 8.86. The van der Waals surface area contributed by atoms with Crippen molar-refractivity contribution in [1.82, 2.24) is 0 Å². The molecule has 0 nitrogen and oxygen atoms in total. The number of benzene rings is 2. The Labute approximate surface area is 181 Å². The topological polar surface area (TPSA) is 0 Å². The molecule has 0 N–H and O–H groups in total. The minimum absolute atomic E-state index is 0.606. The molecule has 0 unspecified atom stereocenters. The summed E-state index contributed by atoms with van der Waals surface area (Å²) in [6.07, 6.45) is 10.5. The average molecular weight is 413 g/mol. The maximum absolute atomic E-state index is 2.38. The molecule has 1 aliphatic rings. The standard InChI is InChI=1S/C26H36S2/c1-3-5-6-7-8-10-22-13-17-24(18-14-22)26-27-19-25(20-28-26)23-15-11-21(9-4-2)12-16-23/h11-18,25-26H,3-10,19-20H2,1-2H3. The summed E-state index contributed by atoms with van der Waals surface area (Å²) in [7, 11) is 0. The second kappa shape index (κ2) is 12.0. The van der Waals surface area contributed by atoms with Gasteiger partial charge in [0.25, 0.3) is 0 Å². The lowest BCUT2D eigenvalue weighted by molar-refractivity contribution is 0.632. The van der Waals surface area contributed by atoms with Crippen LogP contribution in [0.2, 0.25) is 0 Å². The summed E-state index contributed by atoms with van der Waals surface area (Å²) >= 11 is 4.26. The van der Waals surface area contributed by atoms with Crippen molar-refractivity contribution in [3.63, 3.8) is 0 Å². The summed E-state index contributed by atoms with van der Waals surface area (Å²) in [6.45, 7) is 4.54. The monoisotopic (exact) mass is 412 g/mol. The first-order chi connectivity index (χ1) is 13.8. The number of unbranched alkanes of at least 4 members (excludes halogenated alkanes) is 4. The normalized spacial score (nSPS) is 19.6. The van der Waals surface area contributed by atoms with Crippen LogP contribution in [0.25, 0.3) is 0 Å². The highest BCUT2D eigenvalue weighted by Gasteiger charge is 2.24.